The minimum atomic E-state index is -0.169. The maximum absolute atomic E-state index is 12.7. The number of halogens is 1. The number of piperidine rings is 1. The fourth-order valence-electron chi connectivity index (χ4n) is 5.53. The molecule has 210 valence electrons. The third-order valence-corrected chi connectivity index (χ3v) is 8.32. The number of benzene rings is 3. The normalized spacial score (nSPS) is 14.7. The predicted molar refractivity (Wildman–Crippen MR) is 163 cm³/mol. The Hall–Kier alpha value is -2.80. The van der Waals surface area contributed by atoms with Crippen molar-refractivity contribution in [2.45, 2.75) is 45.6 Å². The molecule has 0 aliphatic carbocycles. The average molecular weight is 551 g/mol. The molecule has 0 unspecified atom stereocenters. The van der Waals surface area contributed by atoms with E-state index >= 15 is 0 Å². The highest BCUT2D eigenvalue weighted by molar-refractivity contribution is 6.33. The maximum atomic E-state index is 12.7. The molecule has 1 saturated heterocycles. The predicted octanol–water partition coefficient (Wildman–Crippen LogP) is 6.22. The molecule has 1 aliphatic heterocycles. The third-order valence-electron chi connectivity index (χ3n) is 7.99. The second-order valence-corrected chi connectivity index (χ2v) is 11.0. The van der Waals surface area contributed by atoms with Gasteiger partial charge in [0.1, 0.15) is 5.75 Å². The van der Waals surface area contributed by atoms with Crippen LogP contribution >= 0.6 is 11.6 Å². The Kier molecular flexibility index (Phi) is 10.9. The first-order chi connectivity index (χ1) is 19.0. The second kappa shape index (κ2) is 14.5. The summed E-state index contributed by atoms with van der Waals surface area (Å²) in [4.78, 5) is 17.9. The van der Waals surface area contributed by atoms with E-state index in [1.54, 1.807) is 12.1 Å². The zero-order valence-electron chi connectivity index (χ0n) is 23.4. The highest BCUT2D eigenvalue weighted by Crippen LogP contribution is 2.29. The van der Waals surface area contributed by atoms with Gasteiger partial charge in [0.05, 0.1) is 23.4 Å². The molecule has 4 rings (SSSR count). The van der Waals surface area contributed by atoms with Crippen molar-refractivity contribution in [3.63, 3.8) is 0 Å². The van der Waals surface area contributed by atoms with Crippen LogP contribution in [0.4, 0.5) is 5.69 Å². The molecule has 3 N–H and O–H groups in total. The summed E-state index contributed by atoms with van der Waals surface area (Å²) in [5.74, 6) is 0.769. The van der Waals surface area contributed by atoms with Crippen LogP contribution in [0.2, 0.25) is 5.02 Å². The number of fused-ring (bicyclic) bond motifs is 1. The van der Waals surface area contributed by atoms with Gasteiger partial charge in [-0.3, -0.25) is 9.69 Å². The van der Waals surface area contributed by atoms with E-state index in [1.165, 1.54) is 42.7 Å². The molecule has 39 heavy (non-hydrogen) atoms. The zero-order valence-corrected chi connectivity index (χ0v) is 24.2. The first kappa shape index (κ1) is 29.2. The number of carbonyl (C=O) groups is 1. The number of rotatable bonds is 13. The highest BCUT2D eigenvalue weighted by atomic mass is 35.5. The van der Waals surface area contributed by atoms with Crippen LogP contribution < -0.4 is 15.8 Å². The number of nitrogens with zero attached hydrogens (tertiary/aromatic N) is 2. The van der Waals surface area contributed by atoms with Crippen LogP contribution in [0.1, 0.15) is 54.9 Å². The molecule has 0 spiro atoms. The number of amides is 1. The molecule has 1 aliphatic rings. The van der Waals surface area contributed by atoms with Crippen LogP contribution in [0.25, 0.3) is 10.8 Å². The smallest absolute Gasteiger partial charge is 0.255 e. The van der Waals surface area contributed by atoms with Crippen molar-refractivity contribution in [2.24, 2.45) is 5.92 Å². The first-order valence-corrected chi connectivity index (χ1v) is 14.7. The van der Waals surface area contributed by atoms with Gasteiger partial charge < -0.3 is 20.7 Å². The number of hydrogen-bond acceptors (Lipinski definition) is 5. The number of anilines is 1. The summed E-state index contributed by atoms with van der Waals surface area (Å²) in [5, 5.41) is 6.12. The van der Waals surface area contributed by atoms with Gasteiger partial charge in [-0.2, -0.15) is 0 Å². The summed E-state index contributed by atoms with van der Waals surface area (Å²) in [6.45, 7) is 9.52. The first-order valence-electron chi connectivity index (χ1n) is 14.3. The minimum absolute atomic E-state index is 0.169. The lowest BCUT2D eigenvalue weighted by molar-refractivity contribution is 0.0933. The molecule has 0 atom stereocenters. The van der Waals surface area contributed by atoms with Gasteiger partial charge in [-0.15, -0.1) is 0 Å². The Balaban J connectivity index is 1.12. The molecule has 1 amide bonds. The Morgan fingerprint density at radius 2 is 1.87 bits per heavy atom. The van der Waals surface area contributed by atoms with Gasteiger partial charge in [0.2, 0.25) is 0 Å². The molecule has 0 radical (unpaired) electrons. The van der Waals surface area contributed by atoms with E-state index in [2.05, 4.69) is 64.5 Å². The summed E-state index contributed by atoms with van der Waals surface area (Å²) in [5.41, 5.74) is 8.08. The molecule has 3 aromatic rings. The van der Waals surface area contributed by atoms with Gasteiger partial charge in [0.15, 0.2) is 0 Å². The molecular formula is C32H43ClN4O2. The van der Waals surface area contributed by atoms with Crippen LogP contribution in [-0.2, 0) is 6.54 Å². The van der Waals surface area contributed by atoms with Crippen molar-refractivity contribution in [3.05, 3.63) is 70.7 Å². The summed E-state index contributed by atoms with van der Waals surface area (Å²) < 4.78 is 5.32. The molecule has 7 heteroatoms. The molecule has 6 nitrogen and oxygen atoms in total. The molecule has 0 bridgehead atoms. The Labute approximate surface area is 238 Å². The average Bonchev–Trinajstić information content (AvgIpc) is 2.97. The van der Waals surface area contributed by atoms with Crippen LogP contribution in [0.3, 0.4) is 0 Å². The standard InChI is InChI=1S/C32H43ClN4O2/c1-3-36(23-26-12-9-11-25-10-5-6-13-27(25)26)16-7-4-8-17-37-18-14-24(15-19-37)22-35-32(38)28-20-29(33)30(34)21-31(28)39-2/h5-6,9-13,20-21,24H,3-4,7-8,14-19,22-23,34H2,1-2H3,(H,35,38). The van der Waals surface area contributed by atoms with Crippen LogP contribution in [0.15, 0.2) is 54.6 Å². The Bertz CT molecular complexity index is 1220. The minimum Gasteiger partial charge on any atom is -0.496 e. The third kappa shape index (κ3) is 8.10. The number of likely N-dealkylation sites (tertiary alicyclic amines) is 1. The van der Waals surface area contributed by atoms with Crippen LogP contribution in [-0.4, -0.2) is 62.1 Å². The van der Waals surface area contributed by atoms with Crippen molar-refractivity contribution < 1.29 is 9.53 Å². The largest absolute Gasteiger partial charge is 0.496 e. The summed E-state index contributed by atoms with van der Waals surface area (Å²) in [6, 6.07) is 18.5. The number of carbonyl (C=O) groups excluding carboxylic acids is 1. The fourth-order valence-corrected chi connectivity index (χ4v) is 5.69. The molecule has 1 heterocycles. The number of nitrogens with one attached hydrogen (secondary N) is 1. The van der Waals surface area contributed by atoms with Crippen LogP contribution in [0.5, 0.6) is 5.75 Å². The van der Waals surface area contributed by atoms with Crippen molar-refractivity contribution >= 4 is 34.0 Å². The number of methoxy groups -OCH3 is 1. The second-order valence-electron chi connectivity index (χ2n) is 10.6. The van der Waals surface area contributed by atoms with Gasteiger partial charge in [-0.05, 0) is 86.7 Å². The molecular weight excluding hydrogens is 508 g/mol. The SMILES string of the molecule is CCN(CCCCCN1CCC(CNC(=O)c2cc(Cl)c(N)cc2OC)CC1)Cc1cccc2ccccc12. The van der Waals surface area contributed by atoms with Gasteiger partial charge in [-0.1, -0.05) is 67.4 Å². The van der Waals surface area contributed by atoms with Crippen molar-refractivity contribution in [3.8, 4) is 5.75 Å². The number of nitrogen functional groups attached to an aromatic ring is 1. The number of nitrogens with two attached hydrogens (primary N) is 1. The van der Waals surface area contributed by atoms with Crippen molar-refractivity contribution in [1.82, 2.24) is 15.1 Å². The van der Waals surface area contributed by atoms with Gasteiger partial charge in [-0.25, -0.2) is 0 Å². The van der Waals surface area contributed by atoms with E-state index in [0.29, 0.717) is 34.5 Å². The summed E-state index contributed by atoms with van der Waals surface area (Å²) in [7, 11) is 1.53. The fraction of sp³-hybridized carbons (Fsp3) is 0.469. The Morgan fingerprint density at radius 1 is 1.10 bits per heavy atom. The van der Waals surface area contributed by atoms with E-state index < -0.39 is 0 Å². The van der Waals surface area contributed by atoms with E-state index in [9.17, 15) is 4.79 Å². The quantitative estimate of drug-likeness (QED) is 0.195. The lowest BCUT2D eigenvalue weighted by Gasteiger charge is -2.32. The van der Waals surface area contributed by atoms with Crippen LogP contribution in [0, 0.1) is 5.92 Å². The van der Waals surface area contributed by atoms with E-state index in [0.717, 1.165) is 52.1 Å². The van der Waals surface area contributed by atoms with Crippen molar-refractivity contribution in [1.29, 1.82) is 0 Å². The van der Waals surface area contributed by atoms with Gasteiger partial charge in [0, 0.05) is 19.2 Å². The zero-order chi connectivity index (χ0) is 27.6. The molecule has 0 saturated carbocycles. The molecule has 1 fully saturated rings. The van der Waals surface area contributed by atoms with Gasteiger partial charge in [0.25, 0.3) is 5.91 Å². The lowest BCUT2D eigenvalue weighted by atomic mass is 9.96. The van der Waals surface area contributed by atoms with Gasteiger partial charge >= 0.3 is 0 Å². The topological polar surface area (TPSA) is 70.8 Å². The highest BCUT2D eigenvalue weighted by Gasteiger charge is 2.21. The molecule has 3 aromatic carbocycles. The molecule has 0 aromatic heterocycles. The van der Waals surface area contributed by atoms with E-state index in [1.807, 2.05) is 0 Å². The Morgan fingerprint density at radius 3 is 2.64 bits per heavy atom. The number of ether oxygens (including phenoxy) is 1. The monoisotopic (exact) mass is 550 g/mol. The van der Waals surface area contributed by atoms with E-state index in [-0.39, 0.29) is 5.91 Å². The lowest BCUT2D eigenvalue weighted by Crippen LogP contribution is -2.39. The number of hydrogen-bond donors (Lipinski definition) is 2. The maximum Gasteiger partial charge on any atom is 0.255 e. The van der Waals surface area contributed by atoms with E-state index in [4.69, 9.17) is 22.1 Å². The number of unbranched alkanes of at least 4 members (excludes halogenated alkanes) is 2. The summed E-state index contributed by atoms with van der Waals surface area (Å²) in [6.07, 6.45) is 5.95. The van der Waals surface area contributed by atoms with Crippen molar-refractivity contribution in [2.75, 3.05) is 52.1 Å². The summed E-state index contributed by atoms with van der Waals surface area (Å²) >= 11 is 6.12.